The van der Waals surface area contributed by atoms with Crippen molar-refractivity contribution in [3.8, 4) is 0 Å². The van der Waals surface area contributed by atoms with Crippen LogP contribution in [-0.4, -0.2) is 21.0 Å². The molecule has 0 fully saturated rings. The highest BCUT2D eigenvalue weighted by molar-refractivity contribution is 5.19. The second-order valence-electron chi connectivity index (χ2n) is 4.30. The van der Waals surface area contributed by atoms with Crippen LogP contribution in [0.1, 0.15) is 11.3 Å². The van der Waals surface area contributed by atoms with Gasteiger partial charge in [0.2, 0.25) is 0 Å². The van der Waals surface area contributed by atoms with Crippen LogP contribution >= 0.6 is 0 Å². The third kappa shape index (κ3) is 3.10. The maximum absolute atomic E-state index is 13.0. The van der Waals surface area contributed by atoms with E-state index in [0.29, 0.717) is 18.4 Å². The summed E-state index contributed by atoms with van der Waals surface area (Å²) < 4.78 is 27.4. The van der Waals surface area contributed by atoms with Crippen molar-refractivity contribution in [1.29, 1.82) is 0 Å². The standard InChI is InChI=1S/C12H14F2N4/c1-18-7-10(16-17-18)6-9(15)4-8-2-3-11(13)12(14)5-8/h2-3,5,7,9H,4,6,15H2,1H3. The Morgan fingerprint density at radius 1 is 1.28 bits per heavy atom. The highest BCUT2D eigenvalue weighted by Gasteiger charge is 2.10. The molecule has 6 heteroatoms. The molecular weight excluding hydrogens is 238 g/mol. The van der Waals surface area contributed by atoms with Gasteiger partial charge in [0, 0.05) is 25.7 Å². The zero-order valence-corrected chi connectivity index (χ0v) is 9.98. The van der Waals surface area contributed by atoms with Gasteiger partial charge in [-0.25, -0.2) is 8.78 Å². The van der Waals surface area contributed by atoms with Gasteiger partial charge in [0.05, 0.1) is 5.69 Å². The van der Waals surface area contributed by atoms with Gasteiger partial charge in [-0.1, -0.05) is 11.3 Å². The molecule has 0 saturated carbocycles. The van der Waals surface area contributed by atoms with E-state index in [-0.39, 0.29) is 6.04 Å². The molecule has 0 saturated heterocycles. The zero-order valence-electron chi connectivity index (χ0n) is 9.98. The average Bonchev–Trinajstić information content (AvgIpc) is 2.69. The molecule has 0 amide bonds. The van der Waals surface area contributed by atoms with Gasteiger partial charge < -0.3 is 5.73 Å². The van der Waals surface area contributed by atoms with E-state index in [4.69, 9.17) is 5.73 Å². The number of hydrogen-bond acceptors (Lipinski definition) is 3. The Bertz CT molecular complexity index is 539. The van der Waals surface area contributed by atoms with Gasteiger partial charge in [-0.2, -0.15) is 0 Å². The maximum atomic E-state index is 13.0. The first-order valence-electron chi connectivity index (χ1n) is 5.59. The van der Waals surface area contributed by atoms with Crippen molar-refractivity contribution < 1.29 is 8.78 Å². The molecule has 0 aliphatic rings. The van der Waals surface area contributed by atoms with Crippen LogP contribution in [0.15, 0.2) is 24.4 Å². The first-order chi connectivity index (χ1) is 8.54. The van der Waals surface area contributed by atoms with Crippen LogP contribution in [0.2, 0.25) is 0 Å². The van der Waals surface area contributed by atoms with Crippen LogP contribution in [0.5, 0.6) is 0 Å². The van der Waals surface area contributed by atoms with E-state index < -0.39 is 11.6 Å². The van der Waals surface area contributed by atoms with Crippen LogP contribution in [-0.2, 0) is 19.9 Å². The maximum Gasteiger partial charge on any atom is 0.159 e. The molecule has 1 aromatic carbocycles. The number of nitrogens with two attached hydrogens (primary N) is 1. The Morgan fingerprint density at radius 3 is 2.67 bits per heavy atom. The normalized spacial score (nSPS) is 12.7. The predicted octanol–water partition coefficient (Wildman–Crippen LogP) is 1.21. The number of aromatic nitrogens is 3. The van der Waals surface area contributed by atoms with Gasteiger partial charge in [-0.05, 0) is 24.1 Å². The quantitative estimate of drug-likeness (QED) is 0.889. The Morgan fingerprint density at radius 2 is 2.06 bits per heavy atom. The van der Waals surface area contributed by atoms with E-state index in [0.717, 1.165) is 11.8 Å². The van der Waals surface area contributed by atoms with Crippen LogP contribution in [0.25, 0.3) is 0 Å². The van der Waals surface area contributed by atoms with E-state index >= 15 is 0 Å². The highest BCUT2D eigenvalue weighted by Crippen LogP contribution is 2.11. The summed E-state index contributed by atoms with van der Waals surface area (Å²) in [6.07, 6.45) is 2.80. The lowest BCUT2D eigenvalue weighted by Gasteiger charge is -2.09. The van der Waals surface area contributed by atoms with Crippen molar-refractivity contribution in [3.05, 3.63) is 47.3 Å². The number of hydrogen-bond donors (Lipinski definition) is 1. The van der Waals surface area contributed by atoms with Crippen LogP contribution in [0.3, 0.4) is 0 Å². The zero-order chi connectivity index (χ0) is 13.1. The lowest BCUT2D eigenvalue weighted by Crippen LogP contribution is -2.25. The Kier molecular flexibility index (Phi) is 3.66. The van der Waals surface area contributed by atoms with Gasteiger partial charge >= 0.3 is 0 Å². The molecular formula is C12H14F2N4. The summed E-state index contributed by atoms with van der Waals surface area (Å²) in [5.41, 5.74) is 7.40. The number of benzene rings is 1. The summed E-state index contributed by atoms with van der Waals surface area (Å²) in [6.45, 7) is 0. The van der Waals surface area contributed by atoms with E-state index in [2.05, 4.69) is 10.3 Å². The molecule has 1 unspecified atom stereocenters. The molecule has 2 N–H and O–H groups in total. The topological polar surface area (TPSA) is 56.7 Å². The minimum absolute atomic E-state index is 0.202. The Balaban J connectivity index is 1.98. The van der Waals surface area contributed by atoms with Crippen molar-refractivity contribution >= 4 is 0 Å². The largest absolute Gasteiger partial charge is 0.327 e. The minimum Gasteiger partial charge on any atom is -0.327 e. The average molecular weight is 252 g/mol. The van der Waals surface area contributed by atoms with Crippen LogP contribution < -0.4 is 5.73 Å². The van der Waals surface area contributed by atoms with Gasteiger partial charge in [0.1, 0.15) is 0 Å². The summed E-state index contributed by atoms with van der Waals surface area (Å²) >= 11 is 0. The third-order valence-electron chi connectivity index (χ3n) is 2.60. The SMILES string of the molecule is Cn1cc(CC(N)Cc2ccc(F)c(F)c2)nn1. The summed E-state index contributed by atoms with van der Waals surface area (Å²) in [6, 6.07) is 3.62. The fourth-order valence-electron chi connectivity index (χ4n) is 1.80. The fourth-order valence-corrected chi connectivity index (χ4v) is 1.80. The second kappa shape index (κ2) is 5.22. The molecule has 0 aliphatic heterocycles. The molecule has 0 aliphatic carbocycles. The molecule has 2 rings (SSSR count). The van der Waals surface area contributed by atoms with Crippen LogP contribution in [0.4, 0.5) is 8.78 Å². The van der Waals surface area contributed by atoms with E-state index in [1.165, 1.54) is 12.1 Å². The summed E-state index contributed by atoms with van der Waals surface area (Å²) in [5, 5.41) is 7.73. The number of rotatable bonds is 4. The monoisotopic (exact) mass is 252 g/mol. The smallest absolute Gasteiger partial charge is 0.159 e. The molecule has 0 radical (unpaired) electrons. The lowest BCUT2D eigenvalue weighted by atomic mass is 10.0. The van der Waals surface area contributed by atoms with E-state index in [1.54, 1.807) is 17.9 Å². The fraction of sp³-hybridized carbons (Fsp3) is 0.333. The molecule has 0 spiro atoms. The van der Waals surface area contributed by atoms with Gasteiger partial charge in [0.25, 0.3) is 0 Å². The van der Waals surface area contributed by atoms with Crippen molar-refractivity contribution in [3.63, 3.8) is 0 Å². The van der Waals surface area contributed by atoms with Gasteiger partial charge in [-0.3, -0.25) is 4.68 Å². The molecule has 1 atom stereocenters. The number of halogens is 2. The Labute approximate surface area is 103 Å². The lowest BCUT2D eigenvalue weighted by molar-refractivity contribution is 0.506. The molecule has 0 bridgehead atoms. The van der Waals surface area contributed by atoms with Crippen molar-refractivity contribution in [2.75, 3.05) is 0 Å². The summed E-state index contributed by atoms with van der Waals surface area (Å²) in [7, 11) is 1.78. The van der Waals surface area contributed by atoms with Crippen molar-refractivity contribution in [1.82, 2.24) is 15.0 Å². The minimum atomic E-state index is -0.848. The molecule has 2 aromatic rings. The molecule has 1 heterocycles. The highest BCUT2D eigenvalue weighted by atomic mass is 19.2. The van der Waals surface area contributed by atoms with Crippen LogP contribution in [0, 0.1) is 11.6 Å². The summed E-state index contributed by atoms with van der Waals surface area (Å²) in [5.74, 6) is -1.69. The molecule has 96 valence electrons. The number of aryl methyl sites for hydroxylation is 1. The first kappa shape index (κ1) is 12.6. The molecule has 1 aromatic heterocycles. The number of nitrogens with zero attached hydrogens (tertiary/aromatic N) is 3. The van der Waals surface area contributed by atoms with Crippen molar-refractivity contribution in [2.45, 2.75) is 18.9 Å². The van der Waals surface area contributed by atoms with E-state index in [1.807, 2.05) is 0 Å². The molecule has 18 heavy (non-hydrogen) atoms. The van der Waals surface area contributed by atoms with E-state index in [9.17, 15) is 8.78 Å². The summed E-state index contributed by atoms with van der Waals surface area (Å²) in [4.78, 5) is 0. The second-order valence-corrected chi connectivity index (χ2v) is 4.30. The van der Waals surface area contributed by atoms with Crippen molar-refractivity contribution in [2.24, 2.45) is 12.8 Å². The predicted molar refractivity (Wildman–Crippen MR) is 62.7 cm³/mol. The Hall–Kier alpha value is -1.82. The van der Waals surface area contributed by atoms with Gasteiger partial charge in [-0.15, -0.1) is 5.10 Å². The molecule has 4 nitrogen and oxygen atoms in total. The third-order valence-corrected chi connectivity index (χ3v) is 2.60. The first-order valence-corrected chi connectivity index (χ1v) is 5.59. The van der Waals surface area contributed by atoms with Gasteiger partial charge in [0.15, 0.2) is 11.6 Å².